The second-order valence-electron chi connectivity index (χ2n) is 8.29. The highest BCUT2D eigenvalue weighted by Crippen LogP contribution is 2.33. The molecule has 0 saturated carbocycles. The van der Waals surface area contributed by atoms with E-state index in [0.717, 1.165) is 50.0 Å². The second kappa shape index (κ2) is 8.89. The molecule has 162 valence electrons. The molecule has 4 rings (SSSR count). The summed E-state index contributed by atoms with van der Waals surface area (Å²) in [6, 6.07) is 14.8. The first kappa shape index (κ1) is 21.1. The summed E-state index contributed by atoms with van der Waals surface area (Å²) in [4.78, 5) is 27.5. The molecule has 2 heterocycles. The standard InChI is InChI=1S/C24H29N5O2/c25-22(26)17-6-5-7-18(16-17)24(13-2-3-14-27-24)23(31)28-19-9-11-20(12-10-19)29-15-4-1-8-21(29)30/h5-7,9-12,16,27H,1-4,8,13-15H2,(H3,25,26)(H,28,31). The number of nitrogens with two attached hydrogens (primary N) is 1. The van der Waals surface area contributed by atoms with E-state index in [2.05, 4.69) is 10.6 Å². The first-order valence-electron chi connectivity index (χ1n) is 10.9. The molecule has 7 nitrogen and oxygen atoms in total. The van der Waals surface area contributed by atoms with Crippen molar-refractivity contribution in [3.63, 3.8) is 0 Å². The van der Waals surface area contributed by atoms with Crippen molar-refractivity contribution in [2.45, 2.75) is 44.1 Å². The first-order chi connectivity index (χ1) is 15.0. The molecule has 0 radical (unpaired) electrons. The highest BCUT2D eigenvalue weighted by atomic mass is 16.2. The Morgan fingerprint density at radius 2 is 1.90 bits per heavy atom. The average molecular weight is 420 g/mol. The van der Waals surface area contributed by atoms with Gasteiger partial charge in [-0.2, -0.15) is 0 Å². The van der Waals surface area contributed by atoms with Crippen molar-refractivity contribution in [3.05, 3.63) is 59.7 Å². The number of nitrogens with one attached hydrogen (secondary N) is 3. The van der Waals surface area contributed by atoms with Crippen molar-refractivity contribution in [1.29, 1.82) is 5.41 Å². The molecule has 5 N–H and O–H groups in total. The molecule has 1 unspecified atom stereocenters. The molecule has 2 aromatic carbocycles. The third-order valence-corrected chi connectivity index (χ3v) is 6.22. The fourth-order valence-corrected chi connectivity index (χ4v) is 4.47. The molecule has 0 bridgehead atoms. The van der Waals surface area contributed by atoms with Crippen LogP contribution in [0.25, 0.3) is 0 Å². The van der Waals surface area contributed by atoms with E-state index >= 15 is 0 Å². The topological polar surface area (TPSA) is 111 Å². The number of hydrogen-bond acceptors (Lipinski definition) is 4. The summed E-state index contributed by atoms with van der Waals surface area (Å²) in [5.74, 6) is 0.00418. The highest BCUT2D eigenvalue weighted by Gasteiger charge is 2.41. The van der Waals surface area contributed by atoms with Crippen LogP contribution in [0.1, 0.15) is 49.7 Å². The van der Waals surface area contributed by atoms with Gasteiger partial charge in [-0.15, -0.1) is 0 Å². The molecule has 2 aliphatic heterocycles. The van der Waals surface area contributed by atoms with Gasteiger partial charge >= 0.3 is 0 Å². The van der Waals surface area contributed by atoms with Gasteiger partial charge in [-0.3, -0.25) is 20.3 Å². The van der Waals surface area contributed by atoms with Crippen LogP contribution in [-0.4, -0.2) is 30.7 Å². The van der Waals surface area contributed by atoms with E-state index in [1.54, 1.807) is 6.07 Å². The fourth-order valence-electron chi connectivity index (χ4n) is 4.47. The number of amidine groups is 1. The Hall–Kier alpha value is -3.19. The Bertz CT molecular complexity index is 980. The highest BCUT2D eigenvalue weighted by molar-refractivity contribution is 6.00. The van der Waals surface area contributed by atoms with Gasteiger partial charge in [-0.1, -0.05) is 18.2 Å². The van der Waals surface area contributed by atoms with E-state index in [0.29, 0.717) is 24.1 Å². The van der Waals surface area contributed by atoms with Crippen molar-refractivity contribution in [2.24, 2.45) is 5.73 Å². The average Bonchev–Trinajstić information content (AvgIpc) is 2.80. The maximum Gasteiger partial charge on any atom is 0.249 e. The fraction of sp³-hybridized carbons (Fsp3) is 0.375. The lowest BCUT2D eigenvalue weighted by Crippen LogP contribution is -2.54. The molecule has 2 saturated heterocycles. The zero-order valence-electron chi connectivity index (χ0n) is 17.6. The van der Waals surface area contributed by atoms with Crippen LogP contribution in [0, 0.1) is 5.41 Å². The van der Waals surface area contributed by atoms with E-state index in [1.807, 2.05) is 47.4 Å². The predicted octanol–water partition coefficient (Wildman–Crippen LogP) is 3.10. The number of hydrogen-bond donors (Lipinski definition) is 4. The summed E-state index contributed by atoms with van der Waals surface area (Å²) < 4.78 is 0. The normalized spacial score (nSPS) is 21.5. The molecule has 2 aromatic rings. The van der Waals surface area contributed by atoms with E-state index in [1.165, 1.54) is 0 Å². The van der Waals surface area contributed by atoms with E-state index < -0.39 is 5.54 Å². The SMILES string of the molecule is N=C(N)c1cccc(C2(C(=O)Nc3ccc(N4CCCCC4=O)cc3)CCCCN2)c1. The van der Waals surface area contributed by atoms with Crippen LogP contribution in [0.5, 0.6) is 0 Å². The van der Waals surface area contributed by atoms with Crippen molar-refractivity contribution >= 4 is 29.0 Å². The number of carbonyl (C=O) groups is 2. The maximum absolute atomic E-state index is 13.5. The monoisotopic (exact) mass is 419 g/mol. The Morgan fingerprint density at radius 3 is 2.58 bits per heavy atom. The van der Waals surface area contributed by atoms with E-state index in [9.17, 15) is 9.59 Å². The lowest BCUT2D eigenvalue weighted by atomic mass is 9.80. The minimum Gasteiger partial charge on any atom is -0.384 e. The van der Waals surface area contributed by atoms with Gasteiger partial charge in [-0.25, -0.2) is 0 Å². The molecule has 7 heteroatoms. The van der Waals surface area contributed by atoms with Crippen molar-refractivity contribution < 1.29 is 9.59 Å². The summed E-state index contributed by atoms with van der Waals surface area (Å²) in [7, 11) is 0. The van der Waals surface area contributed by atoms with Gasteiger partial charge in [0.25, 0.3) is 0 Å². The first-order valence-corrected chi connectivity index (χ1v) is 10.9. The smallest absolute Gasteiger partial charge is 0.249 e. The number of rotatable bonds is 5. The molecule has 31 heavy (non-hydrogen) atoms. The van der Waals surface area contributed by atoms with Gasteiger partial charge in [0.15, 0.2) is 0 Å². The lowest BCUT2D eigenvalue weighted by Gasteiger charge is -2.37. The predicted molar refractivity (Wildman–Crippen MR) is 122 cm³/mol. The molecule has 2 fully saturated rings. The van der Waals surface area contributed by atoms with E-state index in [-0.39, 0.29) is 17.6 Å². The molecule has 2 amide bonds. The summed E-state index contributed by atoms with van der Waals surface area (Å²) in [6.07, 6.45) is 5.16. The summed E-state index contributed by atoms with van der Waals surface area (Å²) in [6.45, 7) is 1.48. The van der Waals surface area contributed by atoms with Gasteiger partial charge in [0.1, 0.15) is 11.4 Å². The van der Waals surface area contributed by atoms with E-state index in [4.69, 9.17) is 11.1 Å². The number of benzene rings is 2. The Kier molecular flexibility index (Phi) is 6.04. The Balaban J connectivity index is 1.56. The van der Waals surface area contributed by atoms with Crippen LogP contribution in [-0.2, 0) is 15.1 Å². The van der Waals surface area contributed by atoms with Gasteiger partial charge < -0.3 is 16.0 Å². The number of amides is 2. The molecule has 0 aromatic heterocycles. The van der Waals surface area contributed by atoms with Crippen LogP contribution in [0.2, 0.25) is 0 Å². The van der Waals surface area contributed by atoms with Crippen LogP contribution < -0.4 is 21.3 Å². The largest absolute Gasteiger partial charge is 0.384 e. The zero-order valence-corrected chi connectivity index (χ0v) is 17.6. The lowest BCUT2D eigenvalue weighted by molar-refractivity contribution is -0.124. The number of nitrogens with zero attached hydrogens (tertiary/aromatic N) is 1. The number of carbonyl (C=O) groups excluding carboxylic acids is 2. The Morgan fingerprint density at radius 1 is 1.10 bits per heavy atom. The summed E-state index contributed by atoms with van der Waals surface area (Å²) in [5, 5.41) is 14.2. The quantitative estimate of drug-likeness (QED) is 0.441. The molecule has 0 spiro atoms. The molecule has 2 aliphatic rings. The van der Waals surface area contributed by atoms with Crippen molar-refractivity contribution in [3.8, 4) is 0 Å². The minimum atomic E-state index is -0.870. The summed E-state index contributed by atoms with van der Waals surface area (Å²) >= 11 is 0. The molecular formula is C24H29N5O2. The third-order valence-electron chi connectivity index (χ3n) is 6.22. The van der Waals surface area contributed by atoms with Gasteiger partial charge in [-0.05, 0) is 74.5 Å². The summed E-state index contributed by atoms with van der Waals surface area (Å²) in [5.41, 5.74) is 7.77. The van der Waals surface area contributed by atoms with Gasteiger partial charge in [0.05, 0.1) is 0 Å². The maximum atomic E-state index is 13.5. The van der Waals surface area contributed by atoms with Crippen LogP contribution in [0.15, 0.2) is 48.5 Å². The number of anilines is 2. The molecule has 1 atom stereocenters. The van der Waals surface area contributed by atoms with Crippen molar-refractivity contribution in [1.82, 2.24) is 5.32 Å². The van der Waals surface area contributed by atoms with Crippen molar-refractivity contribution in [2.75, 3.05) is 23.3 Å². The van der Waals surface area contributed by atoms with Gasteiger partial charge in [0.2, 0.25) is 11.8 Å². The molecular weight excluding hydrogens is 390 g/mol. The number of piperidine rings is 2. The Labute approximate surface area is 182 Å². The second-order valence-corrected chi connectivity index (χ2v) is 8.29. The molecule has 0 aliphatic carbocycles. The van der Waals surface area contributed by atoms with Gasteiger partial charge in [0, 0.05) is 29.9 Å². The minimum absolute atomic E-state index is 0.0175. The third kappa shape index (κ3) is 4.32. The van der Waals surface area contributed by atoms with Crippen LogP contribution in [0.4, 0.5) is 11.4 Å². The van der Waals surface area contributed by atoms with Crippen LogP contribution in [0.3, 0.4) is 0 Å². The zero-order chi connectivity index (χ0) is 21.8. The number of nitrogen functional groups attached to an aromatic ring is 1. The van der Waals surface area contributed by atoms with Crippen LogP contribution >= 0.6 is 0 Å².